The number of carbonyl (C=O) groups excluding carboxylic acids is 1. The van der Waals surface area contributed by atoms with Crippen molar-refractivity contribution in [1.82, 2.24) is 5.16 Å². The number of ether oxygens (including phenoxy) is 3. The largest absolute Gasteiger partial charge is 0.497 e. The number of hydrogen-bond acceptors (Lipinski definition) is 6. The number of fused-ring (bicyclic) bond motifs is 1. The summed E-state index contributed by atoms with van der Waals surface area (Å²) in [6, 6.07) is 19.7. The lowest BCUT2D eigenvalue weighted by Crippen LogP contribution is -2.08. The van der Waals surface area contributed by atoms with Crippen molar-refractivity contribution in [2.75, 3.05) is 14.2 Å². The number of hydrogen-bond donors (Lipinski definition) is 0. The number of rotatable bonds is 6. The molecule has 0 fully saturated rings. The molecule has 4 aromatic rings. The molecule has 0 amide bonds. The summed E-state index contributed by atoms with van der Waals surface area (Å²) in [7, 11) is 3.21. The summed E-state index contributed by atoms with van der Waals surface area (Å²) in [6.45, 7) is 0. The molecule has 6 nitrogen and oxygen atoms in total. The van der Waals surface area contributed by atoms with Crippen LogP contribution in [0.5, 0.6) is 17.2 Å². The van der Waals surface area contributed by atoms with Crippen molar-refractivity contribution in [2.45, 2.75) is 6.42 Å². The molecule has 0 bridgehead atoms. The monoisotopic (exact) mass is 389 g/mol. The van der Waals surface area contributed by atoms with Gasteiger partial charge in [0.15, 0.2) is 5.58 Å². The summed E-state index contributed by atoms with van der Waals surface area (Å²) in [5, 5.41) is 5.04. The smallest absolute Gasteiger partial charge is 0.343 e. The summed E-state index contributed by atoms with van der Waals surface area (Å²) < 4.78 is 21.4. The van der Waals surface area contributed by atoms with Gasteiger partial charge in [0, 0.05) is 23.4 Å². The Kier molecular flexibility index (Phi) is 5.16. The Bertz CT molecular complexity index is 1150. The van der Waals surface area contributed by atoms with Gasteiger partial charge in [0.25, 0.3) is 0 Å². The van der Waals surface area contributed by atoms with Gasteiger partial charge in [0.05, 0.1) is 25.5 Å². The van der Waals surface area contributed by atoms with Gasteiger partial charge in [-0.15, -0.1) is 0 Å². The molecule has 0 N–H and O–H groups in total. The third-order valence-corrected chi connectivity index (χ3v) is 4.60. The lowest BCUT2D eigenvalue weighted by molar-refractivity contribution is 0.0735. The maximum absolute atomic E-state index is 12.3. The lowest BCUT2D eigenvalue weighted by atomic mass is 10.1. The standard InChI is InChI=1S/C23H19NO5/c1-26-17-9-7-15(8-10-17)23(25)28-18-11-12-19-20(24-29-22(19)14-18)13-16-5-3-4-6-21(16)27-2/h3-12,14H,13H2,1-2H3. The molecule has 1 aromatic heterocycles. The van der Waals surface area contributed by atoms with E-state index in [1.807, 2.05) is 30.3 Å². The maximum atomic E-state index is 12.3. The van der Waals surface area contributed by atoms with Crippen LogP contribution < -0.4 is 14.2 Å². The fraction of sp³-hybridized carbons (Fsp3) is 0.130. The molecule has 0 aliphatic heterocycles. The van der Waals surface area contributed by atoms with E-state index in [0.29, 0.717) is 29.1 Å². The number of para-hydroxylation sites is 1. The second kappa shape index (κ2) is 8.06. The highest BCUT2D eigenvalue weighted by atomic mass is 16.5. The number of aromatic nitrogens is 1. The van der Waals surface area contributed by atoms with E-state index in [2.05, 4.69) is 5.16 Å². The van der Waals surface area contributed by atoms with E-state index < -0.39 is 5.97 Å². The van der Waals surface area contributed by atoms with Crippen LogP contribution in [-0.4, -0.2) is 25.3 Å². The van der Waals surface area contributed by atoms with E-state index in [4.69, 9.17) is 18.7 Å². The molecule has 0 unspecified atom stereocenters. The van der Waals surface area contributed by atoms with Crippen molar-refractivity contribution in [1.29, 1.82) is 0 Å². The molecular formula is C23H19NO5. The minimum atomic E-state index is -0.458. The van der Waals surface area contributed by atoms with Gasteiger partial charge >= 0.3 is 5.97 Å². The molecule has 146 valence electrons. The highest BCUT2D eigenvalue weighted by molar-refractivity contribution is 5.92. The third kappa shape index (κ3) is 3.91. The van der Waals surface area contributed by atoms with Crippen LogP contribution in [0.25, 0.3) is 11.0 Å². The molecule has 29 heavy (non-hydrogen) atoms. The second-order valence-corrected chi connectivity index (χ2v) is 6.39. The molecule has 0 spiro atoms. The van der Waals surface area contributed by atoms with Crippen molar-refractivity contribution < 1.29 is 23.5 Å². The van der Waals surface area contributed by atoms with Crippen LogP contribution in [0.2, 0.25) is 0 Å². The summed E-state index contributed by atoms with van der Waals surface area (Å²) in [4.78, 5) is 12.3. The molecular weight excluding hydrogens is 370 g/mol. The van der Waals surface area contributed by atoms with Crippen molar-refractivity contribution in [2.24, 2.45) is 0 Å². The number of benzene rings is 3. The van der Waals surface area contributed by atoms with Crippen molar-refractivity contribution >= 4 is 16.9 Å². The Labute approximate surface area is 167 Å². The minimum absolute atomic E-state index is 0.387. The first kappa shape index (κ1) is 18.6. The van der Waals surface area contributed by atoms with Gasteiger partial charge < -0.3 is 18.7 Å². The molecule has 0 atom stereocenters. The SMILES string of the molecule is COc1ccc(C(=O)Oc2ccc3c(Cc4ccccc4OC)noc3c2)cc1. The molecule has 3 aromatic carbocycles. The van der Waals surface area contributed by atoms with Gasteiger partial charge in [-0.3, -0.25) is 0 Å². The highest BCUT2D eigenvalue weighted by Crippen LogP contribution is 2.28. The van der Waals surface area contributed by atoms with E-state index >= 15 is 0 Å². The first-order valence-corrected chi connectivity index (χ1v) is 9.04. The van der Waals surface area contributed by atoms with E-state index in [-0.39, 0.29) is 0 Å². The molecule has 0 saturated heterocycles. The topological polar surface area (TPSA) is 70.8 Å². The third-order valence-electron chi connectivity index (χ3n) is 4.60. The van der Waals surface area contributed by atoms with E-state index in [1.165, 1.54) is 0 Å². The molecule has 6 heteroatoms. The van der Waals surface area contributed by atoms with Crippen molar-refractivity contribution in [3.05, 3.63) is 83.6 Å². The molecule has 1 heterocycles. The molecule has 0 radical (unpaired) electrons. The Morgan fingerprint density at radius 1 is 0.931 bits per heavy atom. The number of carbonyl (C=O) groups is 1. The normalized spacial score (nSPS) is 10.7. The quantitative estimate of drug-likeness (QED) is 0.353. The Balaban J connectivity index is 1.53. The predicted octanol–water partition coefficient (Wildman–Crippen LogP) is 4.66. The van der Waals surface area contributed by atoms with E-state index in [9.17, 15) is 4.79 Å². The van der Waals surface area contributed by atoms with Gasteiger partial charge in [-0.2, -0.15) is 0 Å². The Morgan fingerprint density at radius 3 is 2.45 bits per heavy atom. The summed E-state index contributed by atoms with van der Waals surface area (Å²) in [5.74, 6) is 1.40. The van der Waals surface area contributed by atoms with E-state index in [0.717, 1.165) is 22.4 Å². The Hall–Kier alpha value is -3.80. The zero-order chi connectivity index (χ0) is 20.2. The highest BCUT2D eigenvalue weighted by Gasteiger charge is 2.14. The second-order valence-electron chi connectivity index (χ2n) is 6.39. The average molecular weight is 389 g/mol. The fourth-order valence-corrected chi connectivity index (χ4v) is 3.08. The van der Waals surface area contributed by atoms with Crippen LogP contribution in [0.1, 0.15) is 21.6 Å². The van der Waals surface area contributed by atoms with Crippen LogP contribution in [-0.2, 0) is 6.42 Å². The lowest BCUT2D eigenvalue weighted by Gasteiger charge is -2.06. The van der Waals surface area contributed by atoms with Gasteiger partial charge in [0.2, 0.25) is 0 Å². The fourth-order valence-electron chi connectivity index (χ4n) is 3.08. The summed E-state index contributed by atoms with van der Waals surface area (Å²) in [6.07, 6.45) is 0.571. The van der Waals surface area contributed by atoms with Crippen LogP contribution >= 0.6 is 0 Å². The summed E-state index contributed by atoms with van der Waals surface area (Å²) in [5.41, 5.74) is 2.79. The zero-order valence-electron chi connectivity index (χ0n) is 16.0. The van der Waals surface area contributed by atoms with Gasteiger partial charge in [-0.1, -0.05) is 23.4 Å². The van der Waals surface area contributed by atoms with Crippen LogP contribution in [0.3, 0.4) is 0 Å². The number of esters is 1. The summed E-state index contributed by atoms with van der Waals surface area (Å²) >= 11 is 0. The molecule has 0 saturated carbocycles. The molecule has 0 aliphatic carbocycles. The number of methoxy groups -OCH3 is 2. The first-order chi connectivity index (χ1) is 14.2. The average Bonchev–Trinajstić information content (AvgIpc) is 3.16. The predicted molar refractivity (Wildman–Crippen MR) is 108 cm³/mol. The maximum Gasteiger partial charge on any atom is 0.343 e. The number of nitrogens with zero attached hydrogens (tertiary/aromatic N) is 1. The van der Waals surface area contributed by atoms with Gasteiger partial charge in [-0.05, 0) is 42.5 Å². The molecule has 0 aliphatic rings. The van der Waals surface area contributed by atoms with E-state index in [1.54, 1.807) is 50.6 Å². The van der Waals surface area contributed by atoms with Gasteiger partial charge in [-0.25, -0.2) is 4.79 Å². The van der Waals surface area contributed by atoms with Crippen molar-refractivity contribution in [3.8, 4) is 17.2 Å². The van der Waals surface area contributed by atoms with Crippen LogP contribution in [0.4, 0.5) is 0 Å². The zero-order valence-corrected chi connectivity index (χ0v) is 16.0. The van der Waals surface area contributed by atoms with Crippen LogP contribution in [0.15, 0.2) is 71.3 Å². The van der Waals surface area contributed by atoms with Crippen molar-refractivity contribution in [3.63, 3.8) is 0 Å². The first-order valence-electron chi connectivity index (χ1n) is 9.04. The van der Waals surface area contributed by atoms with Gasteiger partial charge in [0.1, 0.15) is 17.2 Å². The van der Waals surface area contributed by atoms with Crippen LogP contribution in [0, 0.1) is 0 Å². The molecule has 4 rings (SSSR count). The Morgan fingerprint density at radius 2 is 1.69 bits per heavy atom. The minimum Gasteiger partial charge on any atom is -0.497 e.